The van der Waals surface area contributed by atoms with Crippen molar-refractivity contribution in [3.05, 3.63) is 34.0 Å². The van der Waals surface area contributed by atoms with Gasteiger partial charge in [0.2, 0.25) is 0 Å². The molecule has 6 nitrogen and oxygen atoms in total. The van der Waals surface area contributed by atoms with Crippen molar-refractivity contribution >= 4 is 41.3 Å². The maximum absolute atomic E-state index is 4.79. The van der Waals surface area contributed by atoms with Gasteiger partial charge in [-0.3, -0.25) is 0 Å². The lowest BCUT2D eigenvalue weighted by molar-refractivity contribution is 0.224. The molecule has 0 amide bonds. The van der Waals surface area contributed by atoms with Gasteiger partial charge in [0.15, 0.2) is 11.8 Å². The molecule has 2 aromatic heterocycles. The van der Waals surface area contributed by atoms with Crippen molar-refractivity contribution in [2.45, 2.75) is 59.4 Å². The van der Waals surface area contributed by atoms with Crippen molar-refractivity contribution in [3.63, 3.8) is 0 Å². The van der Waals surface area contributed by atoms with Gasteiger partial charge in [-0.05, 0) is 68.2 Å². The lowest BCUT2D eigenvalue weighted by atomic mass is 9.77. The second-order valence-electron chi connectivity index (χ2n) is 8.55. The van der Waals surface area contributed by atoms with Gasteiger partial charge in [0.1, 0.15) is 12.4 Å². The molecule has 0 spiro atoms. The van der Waals surface area contributed by atoms with Gasteiger partial charge >= 0.3 is 0 Å². The molecule has 2 N–H and O–H groups in total. The second kappa shape index (κ2) is 12.6. The standard InChI is InChI=1S/C22H36N6S.HI/c1-16(2)19-9-7-18(8-10-19)14-24-22(23-12-11-20-6-5-13-29-20)25-15-21-27-26-17(3)28(21)4;/h5-6,13,16,18-19H,7-12,14-15H2,1-4H3,(H2,23,24,25);1H. The Labute approximate surface area is 202 Å². The third-order valence-corrected chi connectivity index (χ3v) is 7.13. The summed E-state index contributed by atoms with van der Waals surface area (Å²) in [5.41, 5.74) is 0. The lowest BCUT2D eigenvalue weighted by Gasteiger charge is -2.31. The molecule has 1 aliphatic rings. The number of hydrogen-bond acceptors (Lipinski definition) is 4. The Morgan fingerprint density at radius 3 is 2.60 bits per heavy atom. The number of aliphatic imine (C=N–C) groups is 1. The number of halogens is 1. The van der Waals surface area contributed by atoms with Gasteiger partial charge in [-0.2, -0.15) is 0 Å². The predicted octanol–water partition coefficient (Wildman–Crippen LogP) is 4.54. The van der Waals surface area contributed by atoms with Crippen molar-refractivity contribution in [1.82, 2.24) is 25.4 Å². The quantitative estimate of drug-likeness (QED) is 0.291. The van der Waals surface area contributed by atoms with E-state index in [-0.39, 0.29) is 24.0 Å². The molecule has 1 saturated carbocycles. The van der Waals surface area contributed by atoms with Crippen LogP contribution in [0.25, 0.3) is 0 Å². The Bertz CT molecular complexity index is 763. The monoisotopic (exact) mass is 544 g/mol. The van der Waals surface area contributed by atoms with Crippen molar-refractivity contribution in [2.75, 3.05) is 13.1 Å². The van der Waals surface area contributed by atoms with Crippen LogP contribution in [-0.2, 0) is 20.0 Å². The van der Waals surface area contributed by atoms with E-state index in [0.717, 1.165) is 54.9 Å². The van der Waals surface area contributed by atoms with Gasteiger partial charge in [-0.1, -0.05) is 19.9 Å². The molecule has 0 bridgehead atoms. The van der Waals surface area contributed by atoms with Gasteiger partial charge in [-0.15, -0.1) is 45.5 Å². The molecule has 0 unspecified atom stereocenters. The SMILES string of the molecule is Cc1nnc(CN=C(NCCc2cccs2)NCC2CCC(C(C)C)CC2)n1C.I. The zero-order chi connectivity index (χ0) is 20.6. The first-order valence-corrected chi connectivity index (χ1v) is 11.8. The molecule has 0 aromatic carbocycles. The molecule has 2 aromatic rings. The number of aryl methyl sites for hydroxylation is 1. The number of guanidine groups is 1. The number of rotatable bonds is 8. The summed E-state index contributed by atoms with van der Waals surface area (Å²) in [4.78, 5) is 6.19. The van der Waals surface area contributed by atoms with Crippen LogP contribution in [0, 0.1) is 24.7 Å². The molecule has 168 valence electrons. The van der Waals surface area contributed by atoms with E-state index in [1.807, 2.05) is 18.5 Å². The van der Waals surface area contributed by atoms with E-state index in [1.165, 1.54) is 30.6 Å². The van der Waals surface area contributed by atoms with Crippen LogP contribution in [0.2, 0.25) is 0 Å². The van der Waals surface area contributed by atoms with Crippen LogP contribution in [0.3, 0.4) is 0 Å². The van der Waals surface area contributed by atoms with E-state index < -0.39 is 0 Å². The van der Waals surface area contributed by atoms with Crippen LogP contribution in [-0.4, -0.2) is 33.8 Å². The van der Waals surface area contributed by atoms with Crippen molar-refractivity contribution in [2.24, 2.45) is 29.8 Å². The van der Waals surface area contributed by atoms with E-state index in [2.05, 4.69) is 52.2 Å². The minimum Gasteiger partial charge on any atom is -0.356 e. The van der Waals surface area contributed by atoms with E-state index in [9.17, 15) is 0 Å². The molecule has 0 aliphatic heterocycles. The molecule has 3 rings (SSSR count). The van der Waals surface area contributed by atoms with Gasteiger partial charge in [-0.25, -0.2) is 4.99 Å². The summed E-state index contributed by atoms with van der Waals surface area (Å²) in [6.07, 6.45) is 6.38. The summed E-state index contributed by atoms with van der Waals surface area (Å²) >= 11 is 1.81. The summed E-state index contributed by atoms with van der Waals surface area (Å²) < 4.78 is 2.00. The van der Waals surface area contributed by atoms with Gasteiger partial charge in [0, 0.05) is 25.0 Å². The van der Waals surface area contributed by atoms with E-state index in [4.69, 9.17) is 4.99 Å². The fraction of sp³-hybridized carbons (Fsp3) is 0.682. The van der Waals surface area contributed by atoms with Crippen LogP contribution in [0.5, 0.6) is 0 Å². The highest BCUT2D eigenvalue weighted by molar-refractivity contribution is 14.0. The molecule has 2 heterocycles. The zero-order valence-corrected chi connectivity index (χ0v) is 21.9. The smallest absolute Gasteiger partial charge is 0.191 e. The minimum atomic E-state index is 0. The molecule has 0 radical (unpaired) electrons. The molecule has 1 aliphatic carbocycles. The largest absolute Gasteiger partial charge is 0.356 e. The molecule has 1 fully saturated rings. The van der Waals surface area contributed by atoms with Crippen molar-refractivity contribution in [3.8, 4) is 0 Å². The first-order valence-electron chi connectivity index (χ1n) is 10.9. The zero-order valence-electron chi connectivity index (χ0n) is 18.7. The third kappa shape index (κ3) is 7.51. The molecular formula is C22H37IN6S. The lowest BCUT2D eigenvalue weighted by Crippen LogP contribution is -2.41. The molecular weight excluding hydrogens is 507 g/mol. The molecule has 0 atom stereocenters. The Morgan fingerprint density at radius 2 is 2.00 bits per heavy atom. The van der Waals surface area contributed by atoms with Crippen molar-refractivity contribution < 1.29 is 0 Å². The predicted molar refractivity (Wildman–Crippen MR) is 137 cm³/mol. The summed E-state index contributed by atoms with van der Waals surface area (Å²) in [5, 5.41) is 17.6. The number of hydrogen-bond donors (Lipinski definition) is 2. The van der Waals surface area contributed by atoms with Gasteiger partial charge in [0.25, 0.3) is 0 Å². The summed E-state index contributed by atoms with van der Waals surface area (Å²) in [7, 11) is 1.99. The molecule has 30 heavy (non-hydrogen) atoms. The highest BCUT2D eigenvalue weighted by atomic mass is 127. The van der Waals surface area contributed by atoms with Crippen LogP contribution >= 0.6 is 35.3 Å². The van der Waals surface area contributed by atoms with Crippen LogP contribution in [0.15, 0.2) is 22.5 Å². The maximum atomic E-state index is 4.79. The Hall–Kier alpha value is -1.16. The average molecular weight is 545 g/mol. The van der Waals surface area contributed by atoms with E-state index in [0.29, 0.717) is 6.54 Å². The maximum Gasteiger partial charge on any atom is 0.191 e. The number of aromatic nitrogens is 3. The number of nitrogens with zero attached hydrogens (tertiary/aromatic N) is 4. The summed E-state index contributed by atoms with van der Waals surface area (Å²) in [5.74, 6) is 5.15. The number of thiophene rings is 1. The van der Waals surface area contributed by atoms with Crippen LogP contribution < -0.4 is 10.6 Å². The summed E-state index contributed by atoms with van der Waals surface area (Å²) in [6.45, 7) is 9.09. The van der Waals surface area contributed by atoms with E-state index >= 15 is 0 Å². The second-order valence-corrected chi connectivity index (χ2v) is 9.58. The van der Waals surface area contributed by atoms with E-state index in [1.54, 1.807) is 11.3 Å². The van der Waals surface area contributed by atoms with Gasteiger partial charge in [0.05, 0.1) is 0 Å². The Balaban J connectivity index is 0.00000320. The van der Waals surface area contributed by atoms with Crippen molar-refractivity contribution in [1.29, 1.82) is 0 Å². The fourth-order valence-electron chi connectivity index (χ4n) is 3.97. The fourth-order valence-corrected chi connectivity index (χ4v) is 4.68. The number of nitrogens with one attached hydrogen (secondary N) is 2. The normalized spacial score (nSPS) is 19.6. The topological polar surface area (TPSA) is 67.1 Å². The Morgan fingerprint density at radius 1 is 1.23 bits per heavy atom. The van der Waals surface area contributed by atoms with Crippen LogP contribution in [0.1, 0.15) is 56.1 Å². The van der Waals surface area contributed by atoms with Gasteiger partial charge < -0.3 is 15.2 Å². The molecule has 8 heteroatoms. The highest BCUT2D eigenvalue weighted by Crippen LogP contribution is 2.32. The Kier molecular flexibility index (Phi) is 10.6. The highest BCUT2D eigenvalue weighted by Gasteiger charge is 2.23. The minimum absolute atomic E-state index is 0. The first-order chi connectivity index (χ1) is 14.0. The first kappa shape index (κ1) is 25.1. The summed E-state index contributed by atoms with van der Waals surface area (Å²) in [6, 6.07) is 4.29. The third-order valence-electron chi connectivity index (χ3n) is 6.20. The molecule has 0 saturated heterocycles. The average Bonchev–Trinajstić information content (AvgIpc) is 3.35. The van der Waals surface area contributed by atoms with Crippen LogP contribution in [0.4, 0.5) is 0 Å².